The van der Waals surface area contributed by atoms with Gasteiger partial charge in [0.25, 0.3) is 5.91 Å². The van der Waals surface area contributed by atoms with Crippen molar-refractivity contribution in [2.24, 2.45) is 0 Å². The zero-order valence-electron chi connectivity index (χ0n) is 10.5. The van der Waals surface area contributed by atoms with E-state index in [2.05, 4.69) is 20.0 Å². The summed E-state index contributed by atoms with van der Waals surface area (Å²) in [7, 11) is 1.27. The molecule has 2 rings (SSSR count). The second kappa shape index (κ2) is 6.12. The summed E-state index contributed by atoms with van der Waals surface area (Å²) >= 11 is 5.97. The summed E-state index contributed by atoms with van der Waals surface area (Å²) in [6.45, 7) is 0. The van der Waals surface area contributed by atoms with Crippen molar-refractivity contribution >= 4 is 29.2 Å². The van der Waals surface area contributed by atoms with E-state index in [9.17, 15) is 9.59 Å². The zero-order valence-corrected chi connectivity index (χ0v) is 11.2. The topological polar surface area (TPSA) is 81.2 Å². The largest absolute Gasteiger partial charge is 0.465 e. The summed E-state index contributed by atoms with van der Waals surface area (Å²) in [5, 5.41) is 2.87. The van der Waals surface area contributed by atoms with Gasteiger partial charge in [0.2, 0.25) is 0 Å². The van der Waals surface area contributed by atoms with Crippen molar-refractivity contribution in [3.8, 4) is 0 Å². The van der Waals surface area contributed by atoms with Crippen LogP contribution in [0.4, 0.5) is 5.69 Å². The predicted molar refractivity (Wildman–Crippen MR) is 72.8 cm³/mol. The molecule has 1 heterocycles. The van der Waals surface area contributed by atoms with Crippen LogP contribution < -0.4 is 5.32 Å². The summed E-state index contributed by atoms with van der Waals surface area (Å²) in [6.07, 6.45) is 4.19. The molecule has 1 N–H and O–H groups in total. The summed E-state index contributed by atoms with van der Waals surface area (Å²) in [4.78, 5) is 31.0. The zero-order chi connectivity index (χ0) is 14.5. The number of halogens is 1. The van der Waals surface area contributed by atoms with E-state index in [-0.39, 0.29) is 11.3 Å². The number of anilines is 1. The fourth-order valence-electron chi connectivity index (χ4n) is 1.47. The molecule has 6 nitrogen and oxygen atoms in total. The lowest BCUT2D eigenvalue weighted by atomic mass is 10.2. The van der Waals surface area contributed by atoms with Gasteiger partial charge in [0.05, 0.1) is 29.6 Å². The Morgan fingerprint density at radius 3 is 2.75 bits per heavy atom. The van der Waals surface area contributed by atoms with Crippen LogP contribution in [0.3, 0.4) is 0 Å². The van der Waals surface area contributed by atoms with Gasteiger partial charge in [-0.3, -0.25) is 9.78 Å². The lowest BCUT2D eigenvalue weighted by Crippen LogP contribution is -2.14. The van der Waals surface area contributed by atoms with Crippen molar-refractivity contribution < 1.29 is 14.3 Å². The number of nitrogens with zero attached hydrogens (tertiary/aromatic N) is 2. The number of hydrogen-bond donors (Lipinski definition) is 1. The number of hydrogen-bond acceptors (Lipinski definition) is 5. The summed E-state index contributed by atoms with van der Waals surface area (Å²) in [6, 6.07) is 4.44. The first kappa shape index (κ1) is 14.0. The minimum Gasteiger partial charge on any atom is -0.465 e. The van der Waals surface area contributed by atoms with Gasteiger partial charge in [-0.05, 0) is 18.2 Å². The van der Waals surface area contributed by atoms with E-state index in [0.717, 1.165) is 0 Å². The summed E-state index contributed by atoms with van der Waals surface area (Å²) < 4.78 is 4.60. The van der Waals surface area contributed by atoms with Gasteiger partial charge >= 0.3 is 5.97 Å². The van der Waals surface area contributed by atoms with Gasteiger partial charge < -0.3 is 10.1 Å². The molecule has 0 atom stereocenters. The van der Waals surface area contributed by atoms with Gasteiger partial charge in [-0.2, -0.15) is 0 Å². The van der Waals surface area contributed by atoms with Gasteiger partial charge in [-0.1, -0.05) is 11.6 Å². The highest BCUT2D eigenvalue weighted by Gasteiger charge is 2.13. The van der Waals surface area contributed by atoms with Crippen molar-refractivity contribution in [2.75, 3.05) is 12.4 Å². The molecule has 0 radical (unpaired) electrons. The Morgan fingerprint density at radius 2 is 2.10 bits per heavy atom. The van der Waals surface area contributed by atoms with Gasteiger partial charge in [0.1, 0.15) is 5.69 Å². The van der Waals surface area contributed by atoms with Gasteiger partial charge in [-0.15, -0.1) is 0 Å². The monoisotopic (exact) mass is 291 g/mol. The smallest absolute Gasteiger partial charge is 0.337 e. The molecular weight excluding hydrogens is 282 g/mol. The molecule has 1 amide bonds. The number of aromatic nitrogens is 2. The Balaban J connectivity index is 2.25. The first-order valence-electron chi connectivity index (χ1n) is 5.57. The maximum atomic E-state index is 11.9. The van der Waals surface area contributed by atoms with Crippen molar-refractivity contribution in [1.29, 1.82) is 0 Å². The first-order chi connectivity index (χ1) is 9.61. The maximum Gasteiger partial charge on any atom is 0.337 e. The second-order valence-electron chi connectivity index (χ2n) is 3.73. The molecule has 7 heteroatoms. The van der Waals surface area contributed by atoms with E-state index < -0.39 is 11.9 Å². The van der Waals surface area contributed by atoms with Crippen LogP contribution in [0.1, 0.15) is 20.8 Å². The molecule has 102 valence electrons. The highest BCUT2D eigenvalue weighted by Crippen LogP contribution is 2.23. The van der Waals surface area contributed by atoms with Gasteiger partial charge in [-0.25, -0.2) is 9.78 Å². The standard InChI is InChI=1S/C13H10ClN3O3/c1-20-13(19)8-2-3-9(14)10(6-8)17-12(18)11-7-15-4-5-16-11/h2-7H,1H3,(H,17,18). The molecule has 1 aromatic carbocycles. The van der Waals surface area contributed by atoms with Crippen LogP contribution in [0.15, 0.2) is 36.8 Å². The van der Waals surface area contributed by atoms with E-state index >= 15 is 0 Å². The Labute approximate surface area is 119 Å². The lowest BCUT2D eigenvalue weighted by Gasteiger charge is -2.08. The Bertz CT molecular complexity index is 647. The number of ether oxygens (including phenoxy) is 1. The predicted octanol–water partition coefficient (Wildman–Crippen LogP) is 2.17. The SMILES string of the molecule is COC(=O)c1ccc(Cl)c(NC(=O)c2cnccn2)c1. The maximum absolute atomic E-state index is 11.9. The minimum atomic E-state index is -0.517. The van der Waals surface area contributed by atoms with Crippen LogP contribution in [0.5, 0.6) is 0 Å². The molecule has 0 saturated carbocycles. The van der Waals surface area contributed by atoms with Crippen LogP contribution in [-0.4, -0.2) is 29.0 Å². The fraction of sp³-hybridized carbons (Fsp3) is 0.0769. The van der Waals surface area contributed by atoms with E-state index in [1.807, 2.05) is 0 Å². The third kappa shape index (κ3) is 3.10. The molecule has 2 aromatic rings. The van der Waals surface area contributed by atoms with Crippen LogP contribution in [0.2, 0.25) is 5.02 Å². The van der Waals surface area contributed by atoms with Crippen molar-refractivity contribution in [1.82, 2.24) is 9.97 Å². The highest BCUT2D eigenvalue weighted by molar-refractivity contribution is 6.34. The van der Waals surface area contributed by atoms with Crippen molar-refractivity contribution in [3.63, 3.8) is 0 Å². The molecule has 0 fully saturated rings. The van der Waals surface area contributed by atoms with Crippen LogP contribution >= 0.6 is 11.6 Å². The second-order valence-corrected chi connectivity index (χ2v) is 4.14. The van der Waals surface area contributed by atoms with Gasteiger partial charge in [0.15, 0.2) is 0 Å². The molecule has 1 aromatic heterocycles. The molecule has 0 bridgehead atoms. The average Bonchev–Trinajstić information content (AvgIpc) is 2.49. The number of carbonyl (C=O) groups is 2. The Hall–Kier alpha value is -2.47. The van der Waals surface area contributed by atoms with E-state index in [1.54, 1.807) is 0 Å². The van der Waals surface area contributed by atoms with Crippen molar-refractivity contribution in [3.05, 3.63) is 53.1 Å². The molecule has 0 aliphatic carbocycles. The Morgan fingerprint density at radius 1 is 1.30 bits per heavy atom. The quantitative estimate of drug-likeness (QED) is 0.877. The average molecular weight is 292 g/mol. The summed E-state index contributed by atoms with van der Waals surface area (Å²) in [5.74, 6) is -0.987. The number of carbonyl (C=O) groups excluding carboxylic acids is 2. The third-order valence-electron chi connectivity index (χ3n) is 2.43. The molecule has 0 saturated heterocycles. The van der Waals surface area contributed by atoms with Crippen LogP contribution in [-0.2, 0) is 4.74 Å². The number of esters is 1. The van der Waals surface area contributed by atoms with Gasteiger partial charge in [0, 0.05) is 12.4 Å². The Kier molecular flexibility index (Phi) is 4.27. The molecule has 0 aliphatic heterocycles. The van der Waals surface area contributed by atoms with Crippen molar-refractivity contribution in [2.45, 2.75) is 0 Å². The molecule has 0 unspecified atom stereocenters. The number of methoxy groups -OCH3 is 1. The molecule has 0 spiro atoms. The first-order valence-corrected chi connectivity index (χ1v) is 5.95. The number of rotatable bonds is 3. The van der Waals surface area contributed by atoms with E-state index in [0.29, 0.717) is 10.7 Å². The summed E-state index contributed by atoms with van der Waals surface area (Å²) in [5.41, 5.74) is 0.726. The molecule has 0 aliphatic rings. The van der Waals surface area contributed by atoms with E-state index in [1.165, 1.54) is 43.9 Å². The third-order valence-corrected chi connectivity index (χ3v) is 2.76. The van der Waals surface area contributed by atoms with Crippen LogP contribution in [0.25, 0.3) is 0 Å². The number of benzene rings is 1. The normalized spacial score (nSPS) is 9.90. The minimum absolute atomic E-state index is 0.145. The number of nitrogens with one attached hydrogen (secondary N) is 1. The highest BCUT2D eigenvalue weighted by atomic mass is 35.5. The molecular formula is C13H10ClN3O3. The van der Waals surface area contributed by atoms with E-state index in [4.69, 9.17) is 11.6 Å². The number of amides is 1. The van der Waals surface area contributed by atoms with Crippen LogP contribution in [0, 0.1) is 0 Å². The lowest BCUT2D eigenvalue weighted by molar-refractivity contribution is 0.0600. The fourth-order valence-corrected chi connectivity index (χ4v) is 1.63. The molecule has 20 heavy (non-hydrogen) atoms.